The Morgan fingerprint density at radius 2 is 1.89 bits per heavy atom. The van der Waals surface area contributed by atoms with Crippen molar-refractivity contribution in [2.75, 3.05) is 35.7 Å². The van der Waals surface area contributed by atoms with Gasteiger partial charge in [0.1, 0.15) is 5.69 Å². The Labute approximate surface area is 232 Å². The first-order valence-corrected chi connectivity index (χ1v) is 16.0. The van der Waals surface area contributed by atoms with E-state index in [1.54, 1.807) is 24.4 Å². The number of benzene rings is 1. The number of aliphatic hydroxyl groups is 1. The molecule has 7 rings (SSSR count). The van der Waals surface area contributed by atoms with Gasteiger partial charge in [-0.1, -0.05) is 15.9 Å². The average molecular weight is 605 g/mol. The van der Waals surface area contributed by atoms with E-state index in [-0.39, 0.29) is 18.0 Å². The number of hydrogen-bond donors (Lipinski definition) is 2. The van der Waals surface area contributed by atoms with Crippen LogP contribution in [0.4, 0.5) is 11.6 Å². The van der Waals surface area contributed by atoms with E-state index < -0.39 is 15.4 Å². The molecule has 2 aromatic rings. The number of sulfone groups is 1. The van der Waals surface area contributed by atoms with Gasteiger partial charge in [0.15, 0.2) is 9.84 Å². The van der Waals surface area contributed by atoms with Crippen molar-refractivity contribution in [1.82, 2.24) is 15.3 Å². The summed E-state index contributed by atoms with van der Waals surface area (Å²) in [7, 11) is -3.38. The molecule has 1 aromatic heterocycles. The summed E-state index contributed by atoms with van der Waals surface area (Å²) in [6, 6.07) is 6.98. The molecule has 0 radical (unpaired) electrons. The molecule has 2 heterocycles. The first kappa shape index (κ1) is 26.0. The summed E-state index contributed by atoms with van der Waals surface area (Å²) < 4.78 is 25.6. The number of nitrogens with one attached hydrogen (secondary N) is 1. The lowest BCUT2D eigenvalue weighted by Crippen LogP contribution is -2.61. The van der Waals surface area contributed by atoms with Crippen molar-refractivity contribution in [1.29, 1.82) is 0 Å². The second kappa shape index (κ2) is 9.45. The number of carbonyl (C=O) groups is 1. The van der Waals surface area contributed by atoms with Gasteiger partial charge in [-0.25, -0.2) is 18.4 Å². The van der Waals surface area contributed by atoms with Crippen molar-refractivity contribution >= 4 is 43.3 Å². The lowest BCUT2D eigenvalue weighted by molar-refractivity contribution is -0.136. The van der Waals surface area contributed by atoms with Crippen LogP contribution in [0, 0.1) is 17.8 Å². The first-order chi connectivity index (χ1) is 18.0. The molecule has 5 aliphatic rings. The molecule has 4 bridgehead atoms. The van der Waals surface area contributed by atoms with Gasteiger partial charge in [0.05, 0.1) is 16.2 Å². The summed E-state index contributed by atoms with van der Waals surface area (Å²) in [6.45, 7) is 3.83. The molecule has 1 aliphatic heterocycles. The SMILES string of the molecule is CC1CN(c2cc(Br)ccc2S(C)(=O)=O)CCN1c1nccc(C(=O)NC2C3CC4CC2CC(O)(C4)C3)n1. The minimum absolute atomic E-state index is 0.00127. The fourth-order valence-electron chi connectivity index (χ4n) is 7.58. The van der Waals surface area contributed by atoms with Crippen LogP contribution in [0.5, 0.6) is 0 Å². The zero-order valence-electron chi connectivity index (χ0n) is 21.7. The molecule has 38 heavy (non-hydrogen) atoms. The van der Waals surface area contributed by atoms with Crippen molar-refractivity contribution in [2.24, 2.45) is 17.8 Å². The highest BCUT2D eigenvalue weighted by Gasteiger charge is 2.55. The highest BCUT2D eigenvalue weighted by atomic mass is 79.9. The maximum atomic E-state index is 13.3. The molecule has 4 saturated carbocycles. The number of piperazine rings is 1. The van der Waals surface area contributed by atoms with E-state index in [4.69, 9.17) is 0 Å². The van der Waals surface area contributed by atoms with Gasteiger partial charge < -0.3 is 20.2 Å². The van der Waals surface area contributed by atoms with Gasteiger partial charge >= 0.3 is 0 Å². The Bertz CT molecular complexity index is 1350. The summed E-state index contributed by atoms with van der Waals surface area (Å²) in [5, 5.41) is 14.1. The number of nitrogens with zero attached hydrogens (tertiary/aromatic N) is 4. The highest BCUT2D eigenvalue weighted by Crippen LogP contribution is 2.55. The van der Waals surface area contributed by atoms with Gasteiger partial charge in [-0.3, -0.25) is 4.79 Å². The molecule has 9 nitrogen and oxygen atoms in total. The van der Waals surface area contributed by atoms with Crippen molar-refractivity contribution in [3.05, 3.63) is 40.6 Å². The number of carbonyl (C=O) groups excluding carboxylic acids is 1. The minimum atomic E-state index is -3.38. The Balaban J connectivity index is 1.16. The predicted molar refractivity (Wildman–Crippen MR) is 148 cm³/mol. The van der Waals surface area contributed by atoms with Gasteiger partial charge in [-0.15, -0.1) is 0 Å². The number of hydrogen-bond acceptors (Lipinski definition) is 8. The maximum Gasteiger partial charge on any atom is 0.270 e. The first-order valence-electron chi connectivity index (χ1n) is 13.4. The molecule has 3 unspecified atom stereocenters. The van der Waals surface area contributed by atoms with Crippen molar-refractivity contribution < 1.29 is 18.3 Å². The zero-order chi connectivity index (χ0) is 26.8. The van der Waals surface area contributed by atoms with Crippen LogP contribution in [0.2, 0.25) is 0 Å². The second-order valence-corrected chi connectivity index (χ2v) is 14.7. The highest BCUT2D eigenvalue weighted by molar-refractivity contribution is 9.10. The van der Waals surface area contributed by atoms with Crippen LogP contribution in [-0.4, -0.2) is 73.0 Å². The van der Waals surface area contributed by atoms with Gasteiger partial charge in [0.2, 0.25) is 5.95 Å². The Kier molecular flexibility index (Phi) is 6.47. The summed E-state index contributed by atoms with van der Waals surface area (Å²) in [5.41, 5.74) is 0.502. The van der Waals surface area contributed by atoms with Crippen LogP contribution in [0.25, 0.3) is 0 Å². The number of halogens is 1. The molecule has 1 saturated heterocycles. The zero-order valence-corrected chi connectivity index (χ0v) is 24.1. The summed E-state index contributed by atoms with van der Waals surface area (Å²) in [6.07, 6.45) is 7.50. The van der Waals surface area contributed by atoms with Crippen molar-refractivity contribution in [3.8, 4) is 0 Å². The molecule has 0 spiro atoms. The van der Waals surface area contributed by atoms with Gasteiger partial charge in [-0.2, -0.15) is 0 Å². The van der Waals surface area contributed by atoms with Crippen LogP contribution in [0.1, 0.15) is 49.5 Å². The molecule has 1 amide bonds. The van der Waals surface area contributed by atoms with E-state index in [1.165, 1.54) is 6.26 Å². The average Bonchev–Trinajstić information content (AvgIpc) is 2.84. The Morgan fingerprint density at radius 1 is 1.16 bits per heavy atom. The van der Waals surface area contributed by atoms with Crippen LogP contribution in [0.3, 0.4) is 0 Å². The third kappa shape index (κ3) is 4.81. The van der Waals surface area contributed by atoms with Crippen molar-refractivity contribution in [2.45, 2.75) is 61.6 Å². The smallest absolute Gasteiger partial charge is 0.270 e. The van der Waals surface area contributed by atoms with Crippen LogP contribution in [-0.2, 0) is 9.84 Å². The fraction of sp³-hybridized carbons (Fsp3) is 0.593. The number of rotatable bonds is 5. The summed E-state index contributed by atoms with van der Waals surface area (Å²) in [5.74, 6) is 1.57. The number of amides is 1. The minimum Gasteiger partial charge on any atom is -0.390 e. The van der Waals surface area contributed by atoms with E-state index in [9.17, 15) is 18.3 Å². The van der Waals surface area contributed by atoms with Crippen LogP contribution >= 0.6 is 15.9 Å². The normalized spacial score (nSPS) is 32.5. The molecule has 4 aliphatic carbocycles. The molecule has 1 aromatic carbocycles. The summed E-state index contributed by atoms with van der Waals surface area (Å²) in [4.78, 5) is 26.9. The number of aromatic nitrogens is 2. The molecule has 2 N–H and O–H groups in total. The van der Waals surface area contributed by atoms with E-state index in [1.807, 2.05) is 6.07 Å². The number of anilines is 2. The lowest BCUT2D eigenvalue weighted by Gasteiger charge is -2.58. The molecular formula is C27H34BrN5O4S. The molecule has 11 heteroatoms. The molecule has 5 fully saturated rings. The predicted octanol–water partition coefficient (Wildman–Crippen LogP) is 3.03. The summed E-state index contributed by atoms with van der Waals surface area (Å²) >= 11 is 3.47. The van der Waals surface area contributed by atoms with E-state index >= 15 is 0 Å². The van der Waals surface area contributed by atoms with Crippen LogP contribution < -0.4 is 15.1 Å². The molecule has 204 valence electrons. The second-order valence-electron chi connectivity index (χ2n) is 11.8. The van der Waals surface area contributed by atoms with E-state index in [0.29, 0.717) is 59.6 Å². The Morgan fingerprint density at radius 3 is 2.55 bits per heavy atom. The topological polar surface area (TPSA) is 116 Å². The standard InChI is InChI=1S/C27H34BrN5O4S/c1-16-15-32(22-11-20(28)3-4-23(22)38(2,36)37)7-8-33(16)26-29-6-5-21(30-26)25(34)31-24-18-9-17-10-19(24)14-27(35,12-17)13-18/h3-6,11,16-19,24,35H,7-10,12-15H2,1-2H3,(H,31,34). The van der Waals surface area contributed by atoms with Gasteiger partial charge in [0, 0.05) is 48.6 Å². The monoisotopic (exact) mass is 603 g/mol. The fourth-order valence-corrected chi connectivity index (χ4v) is 8.81. The van der Waals surface area contributed by atoms with Gasteiger partial charge in [0.25, 0.3) is 5.91 Å². The Hall–Kier alpha value is -2.24. The van der Waals surface area contributed by atoms with Gasteiger partial charge in [-0.05, 0) is 81.0 Å². The third-order valence-electron chi connectivity index (χ3n) is 8.96. The third-order valence-corrected chi connectivity index (χ3v) is 10.6. The maximum absolute atomic E-state index is 13.3. The molecule has 3 atom stereocenters. The van der Waals surface area contributed by atoms with Crippen molar-refractivity contribution in [3.63, 3.8) is 0 Å². The van der Waals surface area contributed by atoms with E-state index in [2.05, 4.69) is 47.9 Å². The molecular weight excluding hydrogens is 570 g/mol. The van der Waals surface area contributed by atoms with E-state index in [0.717, 1.165) is 36.6 Å². The lowest BCUT2D eigenvalue weighted by atomic mass is 9.52. The quantitative estimate of drug-likeness (QED) is 0.536. The largest absolute Gasteiger partial charge is 0.390 e. The van der Waals surface area contributed by atoms with Crippen LogP contribution in [0.15, 0.2) is 39.8 Å².